The summed E-state index contributed by atoms with van der Waals surface area (Å²) in [5, 5.41) is 13.9. The minimum Gasteiger partial charge on any atom is -0.387 e. The van der Waals surface area contributed by atoms with Crippen molar-refractivity contribution < 1.29 is 5.11 Å². The van der Waals surface area contributed by atoms with E-state index in [9.17, 15) is 5.11 Å². The Morgan fingerprint density at radius 1 is 1.10 bits per heavy atom. The summed E-state index contributed by atoms with van der Waals surface area (Å²) in [5.74, 6) is 0.834. The van der Waals surface area contributed by atoms with Crippen LogP contribution in [0.3, 0.4) is 0 Å². The van der Waals surface area contributed by atoms with Gasteiger partial charge in [-0.25, -0.2) is 0 Å². The molecule has 1 aliphatic carbocycles. The lowest BCUT2D eigenvalue weighted by atomic mass is 9.96. The van der Waals surface area contributed by atoms with Gasteiger partial charge < -0.3 is 15.3 Å². The summed E-state index contributed by atoms with van der Waals surface area (Å²) < 4.78 is 0. The summed E-state index contributed by atoms with van der Waals surface area (Å²) in [6.07, 6.45) is 4.93. The molecule has 1 saturated heterocycles. The number of β-amino-alcohol motifs (C(OH)–C–C–N with tert-alkyl or cyclic N) is 1. The van der Waals surface area contributed by atoms with E-state index in [1.165, 1.54) is 32.2 Å². The second-order valence-corrected chi connectivity index (χ2v) is 6.35. The second kappa shape index (κ2) is 6.70. The van der Waals surface area contributed by atoms with Gasteiger partial charge in [-0.2, -0.15) is 0 Å². The highest BCUT2D eigenvalue weighted by molar-refractivity contribution is 5.17. The van der Waals surface area contributed by atoms with Crippen LogP contribution >= 0.6 is 0 Å². The van der Waals surface area contributed by atoms with Crippen molar-refractivity contribution in [3.8, 4) is 0 Å². The number of aliphatic hydroxyl groups excluding tert-OH is 1. The van der Waals surface area contributed by atoms with Gasteiger partial charge in [0.05, 0.1) is 6.10 Å². The first-order chi connectivity index (χ1) is 9.81. The zero-order chi connectivity index (χ0) is 13.8. The number of nitrogens with one attached hydrogen (secondary N) is 1. The molecular formula is C17H26N2O. The summed E-state index contributed by atoms with van der Waals surface area (Å²) in [5.41, 5.74) is 1.03. The van der Waals surface area contributed by atoms with Crippen LogP contribution in [0, 0.1) is 5.92 Å². The second-order valence-electron chi connectivity index (χ2n) is 6.35. The summed E-state index contributed by atoms with van der Waals surface area (Å²) in [6.45, 7) is 4.22. The molecule has 2 fully saturated rings. The van der Waals surface area contributed by atoms with Gasteiger partial charge in [-0.15, -0.1) is 0 Å². The zero-order valence-corrected chi connectivity index (χ0v) is 12.2. The summed E-state index contributed by atoms with van der Waals surface area (Å²) in [6, 6.07) is 10.8. The molecule has 0 aromatic heterocycles. The predicted molar refractivity (Wildman–Crippen MR) is 81.6 cm³/mol. The van der Waals surface area contributed by atoms with E-state index in [1.54, 1.807) is 0 Å². The maximum Gasteiger partial charge on any atom is 0.0916 e. The van der Waals surface area contributed by atoms with Crippen molar-refractivity contribution in [1.82, 2.24) is 10.2 Å². The van der Waals surface area contributed by atoms with Gasteiger partial charge >= 0.3 is 0 Å². The lowest BCUT2D eigenvalue weighted by Crippen LogP contribution is -2.39. The highest BCUT2D eigenvalue weighted by Gasteiger charge is 2.25. The van der Waals surface area contributed by atoms with E-state index < -0.39 is 0 Å². The first-order valence-electron chi connectivity index (χ1n) is 8.00. The Morgan fingerprint density at radius 2 is 1.80 bits per heavy atom. The van der Waals surface area contributed by atoms with Crippen LogP contribution in [0.5, 0.6) is 0 Å². The van der Waals surface area contributed by atoms with E-state index in [1.807, 2.05) is 30.3 Å². The van der Waals surface area contributed by atoms with E-state index in [0.29, 0.717) is 0 Å². The van der Waals surface area contributed by atoms with Crippen molar-refractivity contribution in [2.45, 2.75) is 37.8 Å². The maximum absolute atomic E-state index is 10.3. The number of nitrogens with zero attached hydrogens (tertiary/aromatic N) is 1. The van der Waals surface area contributed by atoms with Crippen LogP contribution in [0.2, 0.25) is 0 Å². The Kier molecular flexibility index (Phi) is 4.71. The lowest BCUT2D eigenvalue weighted by Gasteiger charge is -2.33. The molecule has 1 atom stereocenters. The molecule has 0 radical (unpaired) electrons. The molecule has 3 rings (SSSR count). The molecule has 1 heterocycles. The summed E-state index contributed by atoms with van der Waals surface area (Å²) in [4.78, 5) is 2.41. The van der Waals surface area contributed by atoms with Crippen LogP contribution in [-0.2, 0) is 0 Å². The lowest BCUT2D eigenvalue weighted by molar-refractivity contribution is 0.0891. The summed E-state index contributed by atoms with van der Waals surface area (Å²) in [7, 11) is 0. The molecule has 1 aromatic rings. The van der Waals surface area contributed by atoms with Crippen molar-refractivity contribution in [1.29, 1.82) is 0 Å². The molecule has 2 aliphatic rings. The minimum atomic E-state index is -0.350. The fourth-order valence-electron chi connectivity index (χ4n) is 3.02. The Labute approximate surface area is 122 Å². The van der Waals surface area contributed by atoms with Crippen molar-refractivity contribution in [3.05, 3.63) is 35.9 Å². The van der Waals surface area contributed by atoms with E-state index in [2.05, 4.69) is 10.2 Å². The summed E-state index contributed by atoms with van der Waals surface area (Å²) >= 11 is 0. The van der Waals surface area contributed by atoms with Crippen molar-refractivity contribution in [2.75, 3.05) is 26.2 Å². The molecule has 1 unspecified atom stereocenters. The topological polar surface area (TPSA) is 35.5 Å². The van der Waals surface area contributed by atoms with Crippen LogP contribution in [0.1, 0.15) is 37.4 Å². The molecule has 0 spiro atoms. The maximum atomic E-state index is 10.3. The largest absolute Gasteiger partial charge is 0.387 e. The van der Waals surface area contributed by atoms with Crippen molar-refractivity contribution in [2.24, 2.45) is 5.92 Å². The van der Waals surface area contributed by atoms with E-state index in [0.717, 1.165) is 37.2 Å². The monoisotopic (exact) mass is 274 g/mol. The fourth-order valence-corrected chi connectivity index (χ4v) is 3.02. The number of likely N-dealkylation sites (tertiary alicyclic amines) is 1. The van der Waals surface area contributed by atoms with Gasteiger partial charge in [0.15, 0.2) is 0 Å². The van der Waals surface area contributed by atoms with Gasteiger partial charge in [0.25, 0.3) is 0 Å². The standard InChI is InChI=1S/C17H26N2O/c20-17(15-4-2-1-3-5-15)13-19-10-8-14(9-11-19)12-18-16-6-7-16/h1-5,14,16-18,20H,6-13H2. The Morgan fingerprint density at radius 3 is 2.45 bits per heavy atom. The Balaban J connectivity index is 1.39. The molecule has 0 bridgehead atoms. The smallest absolute Gasteiger partial charge is 0.0916 e. The first kappa shape index (κ1) is 14.1. The number of piperidine rings is 1. The number of hydrogen-bond acceptors (Lipinski definition) is 3. The normalized spacial score (nSPS) is 22.9. The number of hydrogen-bond donors (Lipinski definition) is 2. The quantitative estimate of drug-likeness (QED) is 0.834. The Hall–Kier alpha value is -0.900. The van der Waals surface area contributed by atoms with Crippen LogP contribution in [-0.4, -0.2) is 42.2 Å². The van der Waals surface area contributed by atoms with Gasteiger partial charge in [0, 0.05) is 12.6 Å². The predicted octanol–water partition coefficient (Wildman–Crippen LogP) is 2.18. The third-order valence-corrected chi connectivity index (χ3v) is 4.60. The average molecular weight is 274 g/mol. The molecule has 3 nitrogen and oxygen atoms in total. The van der Waals surface area contributed by atoms with E-state index in [-0.39, 0.29) is 6.10 Å². The van der Waals surface area contributed by atoms with Crippen LogP contribution in [0.4, 0.5) is 0 Å². The van der Waals surface area contributed by atoms with Crippen LogP contribution in [0.25, 0.3) is 0 Å². The number of rotatable bonds is 6. The van der Waals surface area contributed by atoms with Crippen LogP contribution < -0.4 is 5.32 Å². The molecular weight excluding hydrogens is 248 g/mol. The van der Waals surface area contributed by atoms with Crippen molar-refractivity contribution in [3.63, 3.8) is 0 Å². The zero-order valence-electron chi connectivity index (χ0n) is 12.2. The SMILES string of the molecule is OC(CN1CCC(CNC2CC2)CC1)c1ccccc1. The highest BCUT2D eigenvalue weighted by atomic mass is 16.3. The average Bonchev–Trinajstić information content (AvgIpc) is 3.32. The molecule has 1 aromatic carbocycles. The first-order valence-corrected chi connectivity index (χ1v) is 8.00. The fraction of sp³-hybridized carbons (Fsp3) is 0.647. The third kappa shape index (κ3) is 4.05. The Bertz CT molecular complexity index is 397. The third-order valence-electron chi connectivity index (χ3n) is 4.60. The van der Waals surface area contributed by atoms with Gasteiger partial charge in [0.1, 0.15) is 0 Å². The molecule has 20 heavy (non-hydrogen) atoms. The van der Waals surface area contributed by atoms with Gasteiger partial charge in [0.2, 0.25) is 0 Å². The van der Waals surface area contributed by atoms with Crippen molar-refractivity contribution >= 4 is 0 Å². The molecule has 0 amide bonds. The molecule has 1 aliphatic heterocycles. The van der Waals surface area contributed by atoms with Gasteiger partial charge in [-0.3, -0.25) is 0 Å². The molecule has 1 saturated carbocycles. The van der Waals surface area contributed by atoms with E-state index in [4.69, 9.17) is 0 Å². The molecule has 2 N–H and O–H groups in total. The molecule has 110 valence electrons. The highest BCUT2D eigenvalue weighted by Crippen LogP contribution is 2.23. The van der Waals surface area contributed by atoms with Gasteiger partial charge in [-0.1, -0.05) is 30.3 Å². The van der Waals surface area contributed by atoms with Crippen LogP contribution in [0.15, 0.2) is 30.3 Å². The minimum absolute atomic E-state index is 0.350. The number of benzene rings is 1. The molecule has 3 heteroatoms. The van der Waals surface area contributed by atoms with Gasteiger partial charge in [-0.05, 0) is 56.8 Å². The van der Waals surface area contributed by atoms with E-state index >= 15 is 0 Å². The number of aliphatic hydroxyl groups is 1.